The van der Waals surface area contributed by atoms with Gasteiger partial charge in [-0.05, 0) is 52.9 Å². The van der Waals surface area contributed by atoms with E-state index in [4.69, 9.17) is 5.73 Å². The van der Waals surface area contributed by atoms with Gasteiger partial charge in [0.25, 0.3) is 10.2 Å². The Labute approximate surface area is 156 Å². The van der Waals surface area contributed by atoms with E-state index in [1.165, 1.54) is 12.1 Å². The second kappa shape index (κ2) is 8.21. The molecule has 25 heavy (non-hydrogen) atoms. The molecule has 0 amide bonds. The molecule has 136 valence electrons. The van der Waals surface area contributed by atoms with E-state index in [0.717, 1.165) is 12.1 Å². The average molecular weight is 486 g/mol. The maximum Gasteiger partial charge on any atom is 0.299 e. The number of nitrogens with two attached hydrogens (primary N) is 1. The molecule has 0 atom stereocenters. The first-order chi connectivity index (χ1) is 11.7. The minimum atomic E-state index is -4.06. The van der Waals surface area contributed by atoms with Gasteiger partial charge in [-0.1, -0.05) is 0 Å². The van der Waals surface area contributed by atoms with E-state index in [-0.39, 0.29) is 24.5 Å². The van der Waals surface area contributed by atoms with Gasteiger partial charge in [0.15, 0.2) is 11.6 Å². The van der Waals surface area contributed by atoms with Crippen molar-refractivity contribution in [3.05, 3.63) is 51.4 Å². The second-order valence-electron chi connectivity index (χ2n) is 4.82. The van der Waals surface area contributed by atoms with Crippen LogP contribution in [0.4, 0.5) is 30.2 Å². The highest BCUT2D eigenvalue weighted by molar-refractivity contribution is 14.1. The highest BCUT2D eigenvalue weighted by Gasteiger charge is 2.19. The zero-order chi connectivity index (χ0) is 18.6. The lowest BCUT2D eigenvalue weighted by Crippen LogP contribution is -2.34. The third-order valence-electron chi connectivity index (χ3n) is 2.97. The Morgan fingerprint density at radius 2 is 1.72 bits per heavy atom. The zero-order valence-electron chi connectivity index (χ0n) is 12.6. The van der Waals surface area contributed by atoms with Crippen molar-refractivity contribution in [2.75, 3.05) is 23.1 Å². The summed E-state index contributed by atoms with van der Waals surface area (Å²) < 4.78 is 70.2. The number of anilines is 3. The first-order valence-corrected chi connectivity index (χ1v) is 9.47. The molecule has 0 aliphatic carbocycles. The lowest BCUT2D eigenvalue weighted by molar-refractivity contribution is 0.512. The fraction of sp³-hybridized carbons (Fsp3) is 0.143. The standard InChI is InChI=1S/C14H14F3IN4O2S/c15-9-2-4-12(22-25(23,24)20-6-5-19)14(13(9)17)21-11-3-1-8(18)7-10(11)16/h1-4,7,20-22H,5-6,19H2. The summed E-state index contributed by atoms with van der Waals surface area (Å²) in [6.07, 6.45) is 0. The second-order valence-corrected chi connectivity index (χ2v) is 7.57. The molecule has 0 fully saturated rings. The van der Waals surface area contributed by atoms with E-state index in [1.54, 1.807) is 6.07 Å². The number of hydrogen-bond donors (Lipinski definition) is 4. The van der Waals surface area contributed by atoms with Crippen molar-refractivity contribution in [1.82, 2.24) is 4.72 Å². The molecule has 5 N–H and O–H groups in total. The third-order valence-corrected chi connectivity index (χ3v) is 4.71. The van der Waals surface area contributed by atoms with Crippen molar-refractivity contribution in [3.63, 3.8) is 0 Å². The van der Waals surface area contributed by atoms with Crippen LogP contribution in [0.1, 0.15) is 0 Å². The summed E-state index contributed by atoms with van der Waals surface area (Å²) in [6.45, 7) is 0.00514. The molecular formula is C14H14F3IN4O2S. The van der Waals surface area contributed by atoms with Gasteiger partial charge in [0, 0.05) is 16.7 Å². The molecule has 0 unspecified atom stereocenters. The topological polar surface area (TPSA) is 96.2 Å². The lowest BCUT2D eigenvalue weighted by atomic mass is 10.2. The molecule has 0 saturated heterocycles. The summed E-state index contributed by atoms with van der Waals surface area (Å²) in [7, 11) is -4.06. The number of nitrogens with one attached hydrogen (secondary N) is 3. The van der Waals surface area contributed by atoms with Crippen LogP contribution in [0.5, 0.6) is 0 Å². The minimum Gasteiger partial charge on any atom is -0.349 e. The Kier molecular flexibility index (Phi) is 6.48. The first kappa shape index (κ1) is 19.8. The summed E-state index contributed by atoms with van der Waals surface area (Å²) in [5.41, 5.74) is 4.24. The molecule has 0 aliphatic heterocycles. The zero-order valence-corrected chi connectivity index (χ0v) is 15.6. The van der Waals surface area contributed by atoms with Crippen LogP contribution in [-0.2, 0) is 10.2 Å². The van der Waals surface area contributed by atoms with Crippen LogP contribution in [0.3, 0.4) is 0 Å². The van der Waals surface area contributed by atoms with Gasteiger partial charge in [0.2, 0.25) is 0 Å². The molecule has 0 saturated carbocycles. The quantitative estimate of drug-likeness (QED) is 0.453. The summed E-state index contributed by atoms with van der Waals surface area (Å²) in [5.74, 6) is -3.27. The Hall–Kier alpha value is -1.57. The highest BCUT2D eigenvalue weighted by Crippen LogP contribution is 2.32. The lowest BCUT2D eigenvalue weighted by Gasteiger charge is -2.16. The largest absolute Gasteiger partial charge is 0.349 e. The predicted molar refractivity (Wildman–Crippen MR) is 98.4 cm³/mol. The maximum atomic E-state index is 14.1. The Balaban J connectivity index is 2.40. The Morgan fingerprint density at radius 1 is 1.04 bits per heavy atom. The van der Waals surface area contributed by atoms with E-state index in [9.17, 15) is 21.6 Å². The number of benzene rings is 2. The van der Waals surface area contributed by atoms with Gasteiger partial charge in [0.05, 0.1) is 11.4 Å². The van der Waals surface area contributed by atoms with Gasteiger partial charge in [0.1, 0.15) is 11.5 Å². The summed E-state index contributed by atoms with van der Waals surface area (Å²) in [4.78, 5) is 0. The molecule has 0 bridgehead atoms. The fourth-order valence-electron chi connectivity index (χ4n) is 1.86. The monoisotopic (exact) mass is 486 g/mol. The normalized spacial score (nSPS) is 11.4. The molecule has 11 heteroatoms. The van der Waals surface area contributed by atoms with Crippen molar-refractivity contribution < 1.29 is 21.6 Å². The number of hydrogen-bond acceptors (Lipinski definition) is 4. The third kappa shape index (κ3) is 5.20. The van der Waals surface area contributed by atoms with E-state index >= 15 is 0 Å². The van der Waals surface area contributed by atoms with Crippen molar-refractivity contribution in [3.8, 4) is 0 Å². The molecule has 2 rings (SSSR count). The van der Waals surface area contributed by atoms with Crippen LogP contribution in [-0.4, -0.2) is 21.5 Å². The van der Waals surface area contributed by atoms with Gasteiger partial charge in [-0.25, -0.2) is 13.2 Å². The van der Waals surface area contributed by atoms with Crippen LogP contribution in [0.2, 0.25) is 0 Å². The molecule has 0 aliphatic rings. The van der Waals surface area contributed by atoms with Crippen LogP contribution in [0, 0.1) is 21.0 Å². The van der Waals surface area contributed by atoms with Gasteiger partial charge < -0.3 is 11.1 Å². The van der Waals surface area contributed by atoms with E-state index < -0.39 is 33.3 Å². The molecule has 2 aromatic rings. The van der Waals surface area contributed by atoms with Crippen molar-refractivity contribution >= 4 is 49.9 Å². The van der Waals surface area contributed by atoms with E-state index in [0.29, 0.717) is 3.57 Å². The molecule has 0 heterocycles. The molecular weight excluding hydrogens is 472 g/mol. The fourth-order valence-corrected chi connectivity index (χ4v) is 3.23. The van der Waals surface area contributed by atoms with Gasteiger partial charge in [-0.15, -0.1) is 0 Å². The Bertz CT molecular complexity index is 881. The molecule has 6 nitrogen and oxygen atoms in total. The van der Waals surface area contributed by atoms with Gasteiger partial charge in [-0.2, -0.15) is 13.1 Å². The van der Waals surface area contributed by atoms with Crippen LogP contribution in [0.15, 0.2) is 30.3 Å². The van der Waals surface area contributed by atoms with Crippen LogP contribution in [0.25, 0.3) is 0 Å². The smallest absolute Gasteiger partial charge is 0.299 e. The maximum absolute atomic E-state index is 14.1. The van der Waals surface area contributed by atoms with Gasteiger partial charge in [-0.3, -0.25) is 4.72 Å². The first-order valence-electron chi connectivity index (χ1n) is 6.91. The summed E-state index contributed by atoms with van der Waals surface area (Å²) in [5, 5.41) is 2.38. The molecule has 0 radical (unpaired) electrons. The summed E-state index contributed by atoms with van der Waals surface area (Å²) >= 11 is 1.89. The van der Waals surface area contributed by atoms with Crippen LogP contribution < -0.4 is 20.5 Å². The molecule has 0 spiro atoms. The van der Waals surface area contributed by atoms with Crippen molar-refractivity contribution in [2.45, 2.75) is 0 Å². The number of halogens is 4. The average Bonchev–Trinajstić information content (AvgIpc) is 2.54. The summed E-state index contributed by atoms with van der Waals surface area (Å²) in [6, 6.07) is 5.84. The molecule has 2 aromatic carbocycles. The van der Waals surface area contributed by atoms with Crippen molar-refractivity contribution in [2.24, 2.45) is 5.73 Å². The van der Waals surface area contributed by atoms with E-state index in [2.05, 4.69) is 14.8 Å². The highest BCUT2D eigenvalue weighted by atomic mass is 127. The van der Waals surface area contributed by atoms with E-state index in [1.807, 2.05) is 22.6 Å². The number of rotatable bonds is 7. The molecule has 0 aromatic heterocycles. The minimum absolute atomic E-state index is 0.0481. The van der Waals surface area contributed by atoms with Crippen molar-refractivity contribution in [1.29, 1.82) is 0 Å². The Morgan fingerprint density at radius 3 is 2.36 bits per heavy atom. The predicted octanol–water partition coefficient (Wildman–Crippen LogP) is 2.66. The SMILES string of the molecule is NCCNS(=O)(=O)Nc1ccc(F)c(F)c1Nc1ccc(I)cc1F. The van der Waals surface area contributed by atoms with Crippen LogP contribution >= 0.6 is 22.6 Å². The van der Waals surface area contributed by atoms with Gasteiger partial charge >= 0.3 is 0 Å².